The molecule has 0 spiro atoms. The lowest BCUT2D eigenvalue weighted by Gasteiger charge is -2.15. The van der Waals surface area contributed by atoms with Crippen LogP contribution in [-0.4, -0.2) is 39.6 Å². The molecule has 2 aromatic carbocycles. The molecule has 6 nitrogen and oxygen atoms in total. The van der Waals surface area contributed by atoms with Gasteiger partial charge >= 0.3 is 0 Å². The predicted octanol–water partition coefficient (Wildman–Crippen LogP) is 3.20. The van der Waals surface area contributed by atoms with Gasteiger partial charge in [0.1, 0.15) is 0 Å². The van der Waals surface area contributed by atoms with E-state index in [-0.39, 0.29) is 11.8 Å². The highest BCUT2D eigenvalue weighted by Crippen LogP contribution is 2.24. The highest BCUT2D eigenvalue weighted by molar-refractivity contribution is 6.21. The zero-order valence-electron chi connectivity index (χ0n) is 15.3. The van der Waals surface area contributed by atoms with Crippen molar-refractivity contribution in [1.29, 1.82) is 0 Å². The molecule has 0 aliphatic carbocycles. The van der Waals surface area contributed by atoms with E-state index >= 15 is 0 Å². The lowest BCUT2D eigenvalue weighted by atomic mass is 10.1. The molecule has 1 N–H and O–H groups in total. The molecular weight excluding hydrogens is 340 g/mol. The molecule has 0 fully saturated rings. The molecule has 1 aromatic heterocycles. The average molecular weight is 360 g/mol. The molecule has 1 aliphatic rings. The number of imide groups is 1. The smallest absolute Gasteiger partial charge is 0.261 e. The maximum Gasteiger partial charge on any atom is 0.261 e. The number of benzene rings is 2. The van der Waals surface area contributed by atoms with E-state index in [1.54, 1.807) is 24.3 Å². The highest BCUT2D eigenvalue weighted by Gasteiger charge is 2.34. The van der Waals surface area contributed by atoms with Crippen molar-refractivity contribution in [2.24, 2.45) is 0 Å². The van der Waals surface area contributed by atoms with Crippen molar-refractivity contribution in [1.82, 2.24) is 14.7 Å². The summed E-state index contributed by atoms with van der Waals surface area (Å²) in [4.78, 5) is 26.2. The number of aryl methyl sites for hydroxylation is 1. The van der Waals surface area contributed by atoms with Crippen LogP contribution in [0.4, 0.5) is 5.69 Å². The van der Waals surface area contributed by atoms with E-state index < -0.39 is 0 Å². The summed E-state index contributed by atoms with van der Waals surface area (Å²) in [5.74, 6) is -0.461. The zero-order valence-corrected chi connectivity index (χ0v) is 15.3. The third-order valence-corrected chi connectivity index (χ3v) is 4.81. The Bertz CT molecular complexity index is 989. The van der Waals surface area contributed by atoms with Crippen LogP contribution in [0.3, 0.4) is 0 Å². The normalized spacial score (nSPS) is 13.2. The molecule has 0 saturated carbocycles. The Balaban J connectivity index is 1.47. The topological polar surface area (TPSA) is 67.2 Å². The number of nitrogens with one attached hydrogen (secondary N) is 1. The fourth-order valence-electron chi connectivity index (χ4n) is 3.45. The van der Waals surface area contributed by atoms with Gasteiger partial charge in [-0.05, 0) is 38.1 Å². The quantitative estimate of drug-likeness (QED) is 0.710. The first-order chi connectivity index (χ1) is 13.1. The number of rotatable bonds is 5. The van der Waals surface area contributed by atoms with Crippen LogP contribution in [0.2, 0.25) is 0 Å². The Morgan fingerprint density at radius 2 is 1.48 bits per heavy atom. The first-order valence-electron chi connectivity index (χ1n) is 8.88. The van der Waals surface area contributed by atoms with E-state index in [0.717, 1.165) is 22.8 Å². The summed E-state index contributed by atoms with van der Waals surface area (Å²) in [5.41, 5.74) is 4.74. The Hall–Kier alpha value is -3.41. The average Bonchev–Trinajstić information content (AvgIpc) is 3.11. The van der Waals surface area contributed by atoms with Crippen LogP contribution >= 0.6 is 0 Å². The van der Waals surface area contributed by atoms with Gasteiger partial charge in [0.05, 0.1) is 33.9 Å². The maximum atomic E-state index is 12.4. The summed E-state index contributed by atoms with van der Waals surface area (Å²) >= 11 is 0. The molecule has 2 amide bonds. The van der Waals surface area contributed by atoms with Crippen LogP contribution in [0.5, 0.6) is 0 Å². The molecule has 0 saturated heterocycles. The monoisotopic (exact) mass is 360 g/mol. The number of carbonyl (C=O) groups is 2. The predicted molar refractivity (Wildman–Crippen MR) is 103 cm³/mol. The summed E-state index contributed by atoms with van der Waals surface area (Å²) in [7, 11) is 0. The van der Waals surface area contributed by atoms with E-state index in [2.05, 4.69) is 10.4 Å². The number of hydrogen-bond acceptors (Lipinski definition) is 4. The molecule has 0 atom stereocenters. The fourth-order valence-corrected chi connectivity index (χ4v) is 3.45. The van der Waals surface area contributed by atoms with Gasteiger partial charge < -0.3 is 5.32 Å². The summed E-state index contributed by atoms with van der Waals surface area (Å²) in [6, 6.07) is 16.9. The Morgan fingerprint density at radius 3 is 2.11 bits per heavy atom. The van der Waals surface area contributed by atoms with Crippen LogP contribution in [0.1, 0.15) is 32.1 Å². The molecule has 136 valence electrons. The summed E-state index contributed by atoms with van der Waals surface area (Å²) in [6.07, 6.45) is 0. The number of nitrogens with zero attached hydrogens (tertiary/aromatic N) is 3. The van der Waals surface area contributed by atoms with Gasteiger partial charge in [0.2, 0.25) is 0 Å². The van der Waals surface area contributed by atoms with E-state index in [1.807, 2.05) is 48.9 Å². The molecular formula is C21H20N4O2. The van der Waals surface area contributed by atoms with E-state index in [1.165, 1.54) is 4.90 Å². The Labute approximate surface area is 157 Å². The molecule has 1 aliphatic heterocycles. The lowest BCUT2D eigenvalue weighted by molar-refractivity contribution is 0.0660. The van der Waals surface area contributed by atoms with Crippen molar-refractivity contribution in [3.8, 4) is 5.69 Å². The van der Waals surface area contributed by atoms with Gasteiger partial charge in [-0.1, -0.05) is 30.3 Å². The number of anilines is 1. The molecule has 4 rings (SSSR count). The Morgan fingerprint density at radius 1 is 0.889 bits per heavy atom. The second kappa shape index (κ2) is 6.72. The standard InChI is InChI=1S/C21H20N4O2/c1-14-19(15(2)25(23-14)16-8-4-3-5-9-16)22-12-13-24-20(26)17-10-6-7-11-18(17)21(24)27/h3-11,22H,12-13H2,1-2H3. The van der Waals surface area contributed by atoms with Crippen molar-refractivity contribution >= 4 is 17.5 Å². The zero-order chi connectivity index (χ0) is 19.0. The second-order valence-corrected chi connectivity index (χ2v) is 6.53. The minimum atomic E-state index is -0.231. The third-order valence-electron chi connectivity index (χ3n) is 4.81. The van der Waals surface area contributed by atoms with Gasteiger partial charge in [-0.2, -0.15) is 5.10 Å². The number of amides is 2. The number of aromatic nitrogens is 2. The Kier molecular flexibility index (Phi) is 4.24. The van der Waals surface area contributed by atoms with E-state index in [0.29, 0.717) is 24.2 Å². The second-order valence-electron chi connectivity index (χ2n) is 6.53. The molecule has 0 radical (unpaired) electrons. The first-order valence-corrected chi connectivity index (χ1v) is 8.88. The van der Waals surface area contributed by atoms with Gasteiger partial charge in [0.25, 0.3) is 11.8 Å². The van der Waals surface area contributed by atoms with Crippen molar-refractivity contribution in [3.05, 3.63) is 77.1 Å². The highest BCUT2D eigenvalue weighted by atomic mass is 16.2. The summed E-state index contributed by atoms with van der Waals surface area (Å²) in [5, 5.41) is 7.94. The van der Waals surface area contributed by atoms with Gasteiger partial charge in [-0.25, -0.2) is 4.68 Å². The van der Waals surface area contributed by atoms with Gasteiger partial charge in [-0.3, -0.25) is 14.5 Å². The van der Waals surface area contributed by atoms with Gasteiger partial charge in [-0.15, -0.1) is 0 Å². The van der Waals surface area contributed by atoms with Crippen molar-refractivity contribution in [2.45, 2.75) is 13.8 Å². The lowest BCUT2D eigenvalue weighted by Crippen LogP contribution is -2.34. The first kappa shape index (κ1) is 17.0. The summed E-state index contributed by atoms with van der Waals surface area (Å²) in [6.45, 7) is 4.71. The minimum absolute atomic E-state index is 0.231. The van der Waals surface area contributed by atoms with Gasteiger partial charge in [0, 0.05) is 13.1 Å². The number of para-hydroxylation sites is 1. The SMILES string of the molecule is Cc1nn(-c2ccccc2)c(C)c1NCCN1C(=O)c2ccccc2C1=O. The number of hydrogen-bond donors (Lipinski definition) is 1. The van der Waals surface area contributed by atoms with Gasteiger partial charge in [0.15, 0.2) is 0 Å². The van der Waals surface area contributed by atoms with Crippen LogP contribution in [-0.2, 0) is 0 Å². The van der Waals surface area contributed by atoms with Crippen molar-refractivity contribution in [2.75, 3.05) is 18.4 Å². The van der Waals surface area contributed by atoms with Crippen LogP contribution in [0.25, 0.3) is 5.69 Å². The molecule has 0 bridgehead atoms. The molecule has 3 aromatic rings. The van der Waals surface area contributed by atoms with E-state index in [9.17, 15) is 9.59 Å². The van der Waals surface area contributed by atoms with E-state index in [4.69, 9.17) is 0 Å². The molecule has 0 unspecified atom stereocenters. The third kappa shape index (κ3) is 2.89. The molecule has 2 heterocycles. The maximum absolute atomic E-state index is 12.4. The number of fused-ring (bicyclic) bond motifs is 1. The van der Waals surface area contributed by atoms with Crippen LogP contribution < -0.4 is 5.32 Å². The molecule has 6 heteroatoms. The minimum Gasteiger partial charge on any atom is -0.380 e. The van der Waals surface area contributed by atoms with Crippen molar-refractivity contribution < 1.29 is 9.59 Å². The van der Waals surface area contributed by atoms with Crippen LogP contribution in [0.15, 0.2) is 54.6 Å². The molecule has 27 heavy (non-hydrogen) atoms. The summed E-state index contributed by atoms with van der Waals surface area (Å²) < 4.78 is 1.89. The fraction of sp³-hybridized carbons (Fsp3) is 0.190. The van der Waals surface area contributed by atoms with Crippen molar-refractivity contribution in [3.63, 3.8) is 0 Å². The largest absolute Gasteiger partial charge is 0.380 e. The number of carbonyl (C=O) groups excluding carboxylic acids is 2. The van der Waals surface area contributed by atoms with Crippen LogP contribution in [0, 0.1) is 13.8 Å².